The lowest BCUT2D eigenvalue weighted by molar-refractivity contribution is -0.137. The molecule has 1 amide bonds. The van der Waals surface area contributed by atoms with E-state index in [1.165, 1.54) is 18.2 Å². The molecule has 0 atom stereocenters. The van der Waals surface area contributed by atoms with Gasteiger partial charge in [-0.3, -0.25) is 14.6 Å². The van der Waals surface area contributed by atoms with Crippen molar-refractivity contribution in [2.24, 2.45) is 0 Å². The maximum absolute atomic E-state index is 13.1. The predicted octanol–water partition coefficient (Wildman–Crippen LogP) is 3.35. The molecule has 32 heavy (non-hydrogen) atoms. The van der Waals surface area contributed by atoms with Crippen molar-refractivity contribution in [1.82, 2.24) is 19.8 Å². The molecule has 0 unspecified atom stereocenters. The fraction of sp³-hybridized carbons (Fsp3) is 0.364. The largest absolute Gasteiger partial charge is 0.497 e. The number of carbonyl (C=O) groups excluding carboxylic acids is 1. The van der Waals surface area contributed by atoms with Crippen molar-refractivity contribution in [3.05, 3.63) is 53.9 Å². The Morgan fingerprint density at radius 3 is 2.56 bits per heavy atom. The molecular weight excluding hydrogens is 423 g/mol. The highest BCUT2D eigenvalue weighted by Gasteiger charge is 2.33. The summed E-state index contributed by atoms with van der Waals surface area (Å²) < 4.78 is 44.5. The van der Waals surface area contributed by atoms with Gasteiger partial charge in [0.25, 0.3) is 0 Å². The summed E-state index contributed by atoms with van der Waals surface area (Å²) in [6.07, 6.45) is -4.52. The SMILES string of the molecule is COc1ccc2nc(CN3CCN(CC(=O)Nc4ccccc4C(F)(F)F)CC3)[nH]c2c1. The number of imidazole rings is 1. The Morgan fingerprint density at radius 1 is 1.12 bits per heavy atom. The number of aromatic amines is 1. The number of carbonyl (C=O) groups is 1. The number of amides is 1. The third-order valence-electron chi connectivity index (χ3n) is 5.45. The summed E-state index contributed by atoms with van der Waals surface area (Å²) in [5.74, 6) is 1.15. The zero-order chi connectivity index (χ0) is 22.7. The molecule has 0 radical (unpaired) electrons. The van der Waals surface area contributed by atoms with E-state index in [4.69, 9.17) is 4.74 Å². The van der Waals surface area contributed by atoms with Gasteiger partial charge in [-0.1, -0.05) is 12.1 Å². The van der Waals surface area contributed by atoms with E-state index in [-0.39, 0.29) is 12.2 Å². The Kier molecular flexibility index (Phi) is 6.33. The van der Waals surface area contributed by atoms with Crippen molar-refractivity contribution in [3.8, 4) is 5.75 Å². The minimum absolute atomic E-state index is 0.0461. The van der Waals surface area contributed by atoms with Gasteiger partial charge in [-0.25, -0.2) is 4.98 Å². The highest BCUT2D eigenvalue weighted by atomic mass is 19.4. The number of halogens is 3. The van der Waals surface area contributed by atoms with Crippen molar-refractivity contribution >= 4 is 22.6 Å². The summed E-state index contributed by atoms with van der Waals surface area (Å²) in [5, 5.41) is 2.40. The normalized spacial score (nSPS) is 15.8. The van der Waals surface area contributed by atoms with Gasteiger partial charge >= 0.3 is 6.18 Å². The number of aromatic nitrogens is 2. The number of rotatable bonds is 6. The van der Waals surface area contributed by atoms with Gasteiger partial charge in [0.1, 0.15) is 11.6 Å². The minimum Gasteiger partial charge on any atom is -0.497 e. The molecule has 0 aliphatic carbocycles. The number of anilines is 1. The number of methoxy groups -OCH3 is 1. The van der Waals surface area contributed by atoms with Crippen LogP contribution in [-0.2, 0) is 17.5 Å². The van der Waals surface area contributed by atoms with Gasteiger partial charge < -0.3 is 15.0 Å². The van der Waals surface area contributed by atoms with Crippen molar-refractivity contribution in [2.45, 2.75) is 12.7 Å². The molecule has 1 aliphatic heterocycles. The molecule has 170 valence electrons. The molecule has 10 heteroatoms. The number of hydrogen-bond donors (Lipinski definition) is 2. The summed E-state index contributed by atoms with van der Waals surface area (Å²) in [4.78, 5) is 24.4. The zero-order valence-electron chi connectivity index (χ0n) is 17.6. The van der Waals surface area contributed by atoms with Gasteiger partial charge in [-0.15, -0.1) is 0 Å². The van der Waals surface area contributed by atoms with Crippen LogP contribution in [0.25, 0.3) is 11.0 Å². The first-order valence-electron chi connectivity index (χ1n) is 10.3. The van der Waals surface area contributed by atoms with E-state index < -0.39 is 17.6 Å². The number of hydrogen-bond acceptors (Lipinski definition) is 5. The number of para-hydroxylation sites is 1. The van der Waals surface area contributed by atoms with Crippen molar-refractivity contribution in [2.75, 3.05) is 45.2 Å². The first-order chi connectivity index (χ1) is 15.3. The predicted molar refractivity (Wildman–Crippen MR) is 114 cm³/mol. The van der Waals surface area contributed by atoms with E-state index in [9.17, 15) is 18.0 Å². The smallest absolute Gasteiger partial charge is 0.418 e. The number of nitrogens with zero attached hydrogens (tertiary/aromatic N) is 3. The first kappa shape index (κ1) is 22.1. The molecule has 1 saturated heterocycles. The Balaban J connectivity index is 1.28. The van der Waals surface area contributed by atoms with Gasteiger partial charge in [0.05, 0.1) is 42.5 Å². The zero-order valence-corrected chi connectivity index (χ0v) is 17.6. The van der Waals surface area contributed by atoms with Gasteiger partial charge in [-0.2, -0.15) is 13.2 Å². The maximum atomic E-state index is 13.1. The number of alkyl halides is 3. The topological polar surface area (TPSA) is 73.5 Å². The number of benzene rings is 2. The molecule has 7 nitrogen and oxygen atoms in total. The monoisotopic (exact) mass is 447 g/mol. The summed E-state index contributed by atoms with van der Waals surface area (Å²) in [6.45, 7) is 3.44. The molecule has 0 spiro atoms. The molecular formula is C22H24F3N5O2. The summed E-state index contributed by atoms with van der Waals surface area (Å²) >= 11 is 0. The molecule has 1 fully saturated rings. The lowest BCUT2D eigenvalue weighted by Crippen LogP contribution is -2.48. The molecule has 0 bridgehead atoms. The second-order valence-electron chi connectivity index (χ2n) is 7.71. The van der Waals surface area contributed by atoms with E-state index in [1.54, 1.807) is 7.11 Å². The molecule has 2 N–H and O–H groups in total. The fourth-order valence-corrected chi connectivity index (χ4v) is 3.79. The molecule has 1 aromatic heterocycles. The molecule has 2 heterocycles. The molecule has 1 aliphatic rings. The Hall–Kier alpha value is -3.11. The number of fused-ring (bicyclic) bond motifs is 1. The van der Waals surface area contributed by atoms with Crippen molar-refractivity contribution in [3.63, 3.8) is 0 Å². The average molecular weight is 447 g/mol. The molecule has 4 rings (SSSR count). The minimum atomic E-state index is -4.52. The van der Waals surface area contributed by atoms with Crippen LogP contribution in [0, 0.1) is 0 Å². The summed E-state index contributed by atoms with van der Waals surface area (Å²) in [5.41, 5.74) is 0.718. The Bertz CT molecular complexity index is 1090. The molecule has 2 aromatic carbocycles. The highest BCUT2D eigenvalue weighted by Crippen LogP contribution is 2.34. The Morgan fingerprint density at radius 2 is 1.84 bits per heavy atom. The fourth-order valence-electron chi connectivity index (χ4n) is 3.79. The second kappa shape index (κ2) is 9.17. The van der Waals surface area contributed by atoms with Crippen LogP contribution in [0.15, 0.2) is 42.5 Å². The molecule has 0 saturated carbocycles. The van der Waals surface area contributed by atoms with E-state index in [0.29, 0.717) is 19.6 Å². The van der Waals surface area contributed by atoms with Crippen LogP contribution in [-0.4, -0.2) is 65.5 Å². The number of nitrogens with one attached hydrogen (secondary N) is 2. The van der Waals surface area contributed by atoms with Crippen LogP contribution in [0.2, 0.25) is 0 Å². The van der Waals surface area contributed by atoms with Crippen molar-refractivity contribution in [1.29, 1.82) is 0 Å². The third-order valence-corrected chi connectivity index (χ3v) is 5.45. The van der Waals surface area contributed by atoms with Crippen LogP contribution in [0.3, 0.4) is 0 Å². The standard InChI is InChI=1S/C22H24F3N5O2/c1-32-15-6-7-18-19(12-15)27-20(26-18)13-29-8-10-30(11-9-29)14-21(31)28-17-5-3-2-4-16(17)22(23,24)25/h2-7,12H,8-11,13-14H2,1H3,(H,26,27)(H,28,31). The van der Waals surface area contributed by atoms with E-state index in [1.807, 2.05) is 23.1 Å². The van der Waals surface area contributed by atoms with Gasteiger partial charge in [0.2, 0.25) is 5.91 Å². The van der Waals surface area contributed by atoms with Crippen molar-refractivity contribution < 1.29 is 22.7 Å². The van der Waals surface area contributed by atoms with Crippen LogP contribution in [0.4, 0.5) is 18.9 Å². The molecule has 3 aromatic rings. The third kappa shape index (κ3) is 5.20. The van der Waals surface area contributed by atoms with E-state index >= 15 is 0 Å². The summed E-state index contributed by atoms with van der Waals surface area (Å²) in [7, 11) is 1.62. The second-order valence-corrected chi connectivity index (χ2v) is 7.71. The van der Waals surface area contributed by atoms with Crippen LogP contribution in [0.5, 0.6) is 5.75 Å². The van der Waals surface area contributed by atoms with E-state index in [2.05, 4.69) is 20.2 Å². The van der Waals surface area contributed by atoms with Crippen LogP contribution < -0.4 is 10.1 Å². The maximum Gasteiger partial charge on any atom is 0.418 e. The highest BCUT2D eigenvalue weighted by molar-refractivity contribution is 5.93. The van der Waals surface area contributed by atoms with Crippen LogP contribution >= 0.6 is 0 Å². The number of piperazine rings is 1. The summed E-state index contributed by atoms with van der Waals surface area (Å²) in [6, 6.07) is 10.7. The number of ether oxygens (including phenoxy) is 1. The average Bonchev–Trinajstić information content (AvgIpc) is 3.16. The van der Waals surface area contributed by atoms with Gasteiger partial charge in [0.15, 0.2) is 0 Å². The lowest BCUT2D eigenvalue weighted by atomic mass is 10.1. The Labute approximate surface area is 183 Å². The van der Waals surface area contributed by atoms with Gasteiger partial charge in [0, 0.05) is 32.2 Å². The quantitative estimate of drug-likeness (QED) is 0.607. The van der Waals surface area contributed by atoms with E-state index in [0.717, 1.165) is 41.8 Å². The van der Waals surface area contributed by atoms with Gasteiger partial charge in [-0.05, 0) is 24.3 Å². The number of H-pyrrole nitrogens is 1. The van der Waals surface area contributed by atoms with Crippen LogP contribution in [0.1, 0.15) is 11.4 Å². The first-order valence-corrected chi connectivity index (χ1v) is 10.3. The lowest BCUT2D eigenvalue weighted by Gasteiger charge is -2.33.